The van der Waals surface area contributed by atoms with Gasteiger partial charge in [0.25, 0.3) is 11.5 Å². The number of hydrogen-bond acceptors (Lipinski definition) is 4. The highest BCUT2D eigenvalue weighted by Crippen LogP contribution is 2.25. The number of nitrogens with one attached hydrogen (secondary N) is 1. The highest BCUT2D eigenvalue weighted by atomic mass is 32.1. The summed E-state index contributed by atoms with van der Waals surface area (Å²) in [5, 5.41) is 3.55. The molecule has 0 saturated heterocycles. The number of anilines is 1. The highest BCUT2D eigenvalue weighted by molar-refractivity contribution is 7.20. The van der Waals surface area contributed by atoms with E-state index in [0.717, 1.165) is 14.7 Å². The van der Waals surface area contributed by atoms with Crippen molar-refractivity contribution in [2.75, 3.05) is 5.32 Å². The molecule has 3 rings (SSSR count). The number of carbonyl (C=O) groups is 1. The van der Waals surface area contributed by atoms with Crippen LogP contribution in [0.25, 0.3) is 10.1 Å². The van der Waals surface area contributed by atoms with Gasteiger partial charge in [-0.15, -0.1) is 11.3 Å². The molecule has 0 unspecified atom stereocenters. The number of amides is 1. The number of nitrogens with zero attached hydrogens (tertiary/aromatic N) is 2. The Bertz CT molecular complexity index is 964. The van der Waals surface area contributed by atoms with Crippen LogP contribution in [0.3, 0.4) is 0 Å². The summed E-state index contributed by atoms with van der Waals surface area (Å²) in [6.07, 6.45) is 1.33. The minimum atomic E-state index is -0.530. The van der Waals surface area contributed by atoms with E-state index < -0.39 is 11.2 Å². The van der Waals surface area contributed by atoms with E-state index in [9.17, 15) is 14.4 Å². The minimum absolute atomic E-state index is 0.0760. The monoisotopic (exact) mass is 315 g/mol. The lowest BCUT2D eigenvalue weighted by molar-refractivity contribution is 0.103. The summed E-state index contributed by atoms with van der Waals surface area (Å²) < 4.78 is 3.21. The number of rotatable bonds is 2. The molecule has 112 valence electrons. The van der Waals surface area contributed by atoms with Gasteiger partial charge in [-0.25, -0.2) is 4.79 Å². The van der Waals surface area contributed by atoms with Crippen molar-refractivity contribution in [2.24, 2.45) is 14.1 Å². The standard InChI is InChI=1S/C15H13N3O3S/c1-17-8-10(14(20)18(2)15(17)21)16-13(19)12-7-9-5-3-4-6-11(9)22-12/h3-8H,1-2H3,(H,16,19). The number of benzene rings is 1. The number of fused-ring (bicyclic) bond motifs is 1. The Labute approximate surface area is 129 Å². The fraction of sp³-hybridized carbons (Fsp3) is 0.133. The van der Waals surface area contributed by atoms with Crippen molar-refractivity contribution in [1.82, 2.24) is 9.13 Å². The van der Waals surface area contributed by atoms with Gasteiger partial charge in [-0.3, -0.25) is 14.2 Å². The Morgan fingerprint density at radius 1 is 1.18 bits per heavy atom. The van der Waals surface area contributed by atoms with Crippen molar-refractivity contribution in [3.63, 3.8) is 0 Å². The fourth-order valence-electron chi connectivity index (χ4n) is 2.17. The lowest BCUT2D eigenvalue weighted by Gasteiger charge is -2.07. The average Bonchev–Trinajstić information content (AvgIpc) is 2.94. The van der Waals surface area contributed by atoms with Crippen molar-refractivity contribution in [1.29, 1.82) is 0 Å². The molecule has 0 aliphatic carbocycles. The maximum atomic E-state index is 12.3. The van der Waals surface area contributed by atoms with Crippen LogP contribution in [-0.4, -0.2) is 15.0 Å². The third kappa shape index (κ3) is 2.35. The van der Waals surface area contributed by atoms with E-state index in [4.69, 9.17) is 0 Å². The summed E-state index contributed by atoms with van der Waals surface area (Å²) in [4.78, 5) is 36.5. The number of aromatic nitrogens is 2. The first-order valence-corrected chi connectivity index (χ1v) is 7.35. The molecule has 1 N–H and O–H groups in total. The van der Waals surface area contributed by atoms with Gasteiger partial charge in [-0.1, -0.05) is 18.2 Å². The van der Waals surface area contributed by atoms with Crippen molar-refractivity contribution in [3.05, 3.63) is 62.2 Å². The van der Waals surface area contributed by atoms with Crippen LogP contribution in [0.2, 0.25) is 0 Å². The van der Waals surface area contributed by atoms with Gasteiger partial charge >= 0.3 is 5.69 Å². The lowest BCUT2D eigenvalue weighted by Crippen LogP contribution is -2.38. The summed E-state index contributed by atoms with van der Waals surface area (Å²) in [6.45, 7) is 0. The van der Waals surface area contributed by atoms with Crippen LogP contribution in [0.5, 0.6) is 0 Å². The molecule has 0 atom stereocenters. The zero-order valence-corrected chi connectivity index (χ0v) is 12.8. The van der Waals surface area contributed by atoms with E-state index in [-0.39, 0.29) is 11.6 Å². The van der Waals surface area contributed by atoms with Crippen LogP contribution in [0.15, 0.2) is 46.1 Å². The molecular weight excluding hydrogens is 302 g/mol. The van der Waals surface area contributed by atoms with Crippen LogP contribution in [-0.2, 0) is 14.1 Å². The lowest BCUT2D eigenvalue weighted by atomic mass is 10.2. The summed E-state index contributed by atoms with van der Waals surface area (Å²) in [6, 6.07) is 9.44. The topological polar surface area (TPSA) is 73.1 Å². The Morgan fingerprint density at radius 2 is 1.91 bits per heavy atom. The normalized spacial score (nSPS) is 10.8. The molecule has 3 aromatic rings. The van der Waals surface area contributed by atoms with Gasteiger partial charge in [0.1, 0.15) is 5.69 Å². The summed E-state index contributed by atoms with van der Waals surface area (Å²) >= 11 is 1.35. The molecular formula is C15H13N3O3S. The van der Waals surface area contributed by atoms with Crippen molar-refractivity contribution >= 4 is 33.0 Å². The van der Waals surface area contributed by atoms with Gasteiger partial charge in [0.15, 0.2) is 0 Å². The molecule has 22 heavy (non-hydrogen) atoms. The van der Waals surface area contributed by atoms with Crippen LogP contribution < -0.4 is 16.6 Å². The number of carbonyl (C=O) groups excluding carboxylic acids is 1. The SMILES string of the molecule is Cn1cc(NC(=O)c2cc3ccccc3s2)c(=O)n(C)c1=O. The Kier molecular flexibility index (Phi) is 3.42. The summed E-state index contributed by atoms with van der Waals surface area (Å²) in [7, 11) is 2.90. The second-order valence-corrected chi connectivity index (χ2v) is 5.99. The molecule has 0 radical (unpaired) electrons. The van der Waals surface area contributed by atoms with Gasteiger partial charge in [0, 0.05) is 25.0 Å². The number of aryl methyl sites for hydroxylation is 1. The van der Waals surface area contributed by atoms with E-state index in [1.165, 1.54) is 36.2 Å². The van der Waals surface area contributed by atoms with Gasteiger partial charge in [-0.05, 0) is 17.5 Å². The maximum Gasteiger partial charge on any atom is 0.330 e. The van der Waals surface area contributed by atoms with E-state index in [1.807, 2.05) is 24.3 Å². The molecule has 1 amide bonds. The van der Waals surface area contributed by atoms with Crippen molar-refractivity contribution in [2.45, 2.75) is 0 Å². The molecule has 0 aliphatic heterocycles. The highest BCUT2D eigenvalue weighted by Gasteiger charge is 2.14. The predicted octanol–water partition coefficient (Wildman–Crippen LogP) is 1.55. The molecule has 1 aromatic carbocycles. The molecule has 0 bridgehead atoms. The third-order valence-corrected chi connectivity index (χ3v) is 4.46. The molecule has 2 heterocycles. The van der Waals surface area contributed by atoms with E-state index >= 15 is 0 Å². The predicted molar refractivity (Wildman–Crippen MR) is 86.7 cm³/mol. The number of thiophene rings is 1. The maximum absolute atomic E-state index is 12.3. The molecule has 0 saturated carbocycles. The van der Waals surface area contributed by atoms with Gasteiger partial charge in [0.2, 0.25) is 0 Å². The zero-order valence-electron chi connectivity index (χ0n) is 12.0. The van der Waals surface area contributed by atoms with E-state index in [0.29, 0.717) is 4.88 Å². The van der Waals surface area contributed by atoms with Crippen molar-refractivity contribution < 1.29 is 4.79 Å². The largest absolute Gasteiger partial charge is 0.330 e. The van der Waals surface area contributed by atoms with E-state index in [2.05, 4.69) is 5.32 Å². The minimum Gasteiger partial charge on any atom is -0.315 e. The van der Waals surface area contributed by atoms with Crippen LogP contribution in [0.1, 0.15) is 9.67 Å². The summed E-state index contributed by atoms with van der Waals surface area (Å²) in [5.74, 6) is -0.364. The number of hydrogen-bond donors (Lipinski definition) is 1. The Hall–Kier alpha value is -2.67. The van der Waals surface area contributed by atoms with Gasteiger partial charge in [-0.2, -0.15) is 0 Å². The Balaban J connectivity index is 1.98. The molecule has 7 heteroatoms. The average molecular weight is 315 g/mol. The molecule has 6 nitrogen and oxygen atoms in total. The Morgan fingerprint density at radius 3 is 2.64 bits per heavy atom. The third-order valence-electron chi connectivity index (χ3n) is 3.34. The van der Waals surface area contributed by atoms with Crippen molar-refractivity contribution in [3.8, 4) is 0 Å². The molecule has 2 aromatic heterocycles. The summed E-state index contributed by atoms with van der Waals surface area (Å²) in [5.41, 5.74) is -0.894. The van der Waals surface area contributed by atoms with Gasteiger partial charge < -0.3 is 9.88 Å². The van der Waals surface area contributed by atoms with Crippen LogP contribution >= 0.6 is 11.3 Å². The fourth-order valence-corrected chi connectivity index (χ4v) is 3.13. The first-order chi connectivity index (χ1) is 10.5. The first kappa shape index (κ1) is 14.3. The molecule has 0 spiro atoms. The second kappa shape index (κ2) is 5.27. The van der Waals surface area contributed by atoms with Crippen LogP contribution in [0.4, 0.5) is 5.69 Å². The van der Waals surface area contributed by atoms with Crippen LogP contribution in [0, 0.1) is 0 Å². The smallest absolute Gasteiger partial charge is 0.315 e. The zero-order chi connectivity index (χ0) is 15.9. The second-order valence-electron chi connectivity index (χ2n) is 4.90. The molecule has 0 fully saturated rings. The quantitative estimate of drug-likeness (QED) is 0.780. The first-order valence-electron chi connectivity index (χ1n) is 6.54. The van der Waals surface area contributed by atoms with E-state index in [1.54, 1.807) is 6.07 Å². The molecule has 0 aliphatic rings. The van der Waals surface area contributed by atoms with Gasteiger partial charge in [0.05, 0.1) is 4.88 Å².